The van der Waals surface area contributed by atoms with Crippen LogP contribution in [0.1, 0.15) is 18.6 Å². The predicted molar refractivity (Wildman–Crippen MR) is 67.1 cm³/mol. The van der Waals surface area contributed by atoms with Gasteiger partial charge in [-0.25, -0.2) is 4.39 Å². The summed E-state index contributed by atoms with van der Waals surface area (Å²) in [6, 6.07) is 4.80. The Morgan fingerprint density at radius 1 is 1.41 bits per heavy atom. The third-order valence-electron chi connectivity index (χ3n) is 2.97. The quantitative estimate of drug-likeness (QED) is 0.871. The molecule has 1 aliphatic rings. The molecule has 1 heterocycles. The van der Waals surface area contributed by atoms with Crippen molar-refractivity contribution in [1.82, 2.24) is 0 Å². The van der Waals surface area contributed by atoms with E-state index in [1.165, 1.54) is 6.07 Å². The van der Waals surface area contributed by atoms with Crippen LogP contribution in [0.25, 0.3) is 0 Å². The number of hydrogen-bond donors (Lipinski definition) is 1. The lowest BCUT2D eigenvalue weighted by Gasteiger charge is -2.31. The minimum Gasteiger partial charge on any atom is -0.389 e. The Bertz CT molecular complexity index is 427. The van der Waals surface area contributed by atoms with Gasteiger partial charge in [-0.15, -0.1) is 0 Å². The molecule has 1 N–H and O–H groups in total. The maximum atomic E-state index is 13.7. The van der Waals surface area contributed by atoms with Crippen LogP contribution in [0, 0.1) is 5.82 Å². The smallest absolute Gasteiger partial charge is 0.131 e. The second kappa shape index (κ2) is 5.14. The standard InChI is InChI=1S/C12H16FNO2S/c1-9(15)12-10(13)3-2-4-11(12)14-5-7-17(16)8-6-14/h2-4,9,15H,5-8H2,1H3. The van der Waals surface area contributed by atoms with Crippen LogP contribution in [-0.4, -0.2) is 33.9 Å². The van der Waals surface area contributed by atoms with Gasteiger partial charge in [-0.1, -0.05) is 6.07 Å². The van der Waals surface area contributed by atoms with E-state index in [0.29, 0.717) is 30.2 Å². The highest BCUT2D eigenvalue weighted by Crippen LogP contribution is 2.29. The first kappa shape index (κ1) is 12.5. The minimum atomic E-state index is -0.835. The van der Waals surface area contributed by atoms with Crippen molar-refractivity contribution in [3.63, 3.8) is 0 Å². The van der Waals surface area contributed by atoms with Gasteiger partial charge in [-0.2, -0.15) is 0 Å². The molecule has 94 valence electrons. The van der Waals surface area contributed by atoms with E-state index in [2.05, 4.69) is 0 Å². The van der Waals surface area contributed by atoms with Crippen LogP contribution in [0.2, 0.25) is 0 Å². The third kappa shape index (κ3) is 2.66. The van der Waals surface area contributed by atoms with E-state index >= 15 is 0 Å². The van der Waals surface area contributed by atoms with Crippen LogP contribution in [0.15, 0.2) is 18.2 Å². The Balaban J connectivity index is 2.31. The molecule has 0 bridgehead atoms. The van der Waals surface area contributed by atoms with Crippen LogP contribution in [-0.2, 0) is 10.8 Å². The highest BCUT2D eigenvalue weighted by molar-refractivity contribution is 7.85. The summed E-state index contributed by atoms with van der Waals surface area (Å²) in [5, 5.41) is 9.64. The Labute approximate surface area is 103 Å². The fourth-order valence-corrected chi connectivity index (χ4v) is 3.15. The molecule has 1 aliphatic heterocycles. The van der Waals surface area contributed by atoms with Gasteiger partial charge in [0.15, 0.2) is 0 Å². The van der Waals surface area contributed by atoms with E-state index in [0.717, 1.165) is 5.69 Å². The molecule has 1 saturated heterocycles. The largest absolute Gasteiger partial charge is 0.389 e. The maximum Gasteiger partial charge on any atom is 0.131 e. The second-order valence-corrected chi connectivity index (χ2v) is 5.88. The molecule has 0 radical (unpaired) electrons. The van der Waals surface area contributed by atoms with Crippen molar-refractivity contribution >= 4 is 16.5 Å². The van der Waals surface area contributed by atoms with E-state index < -0.39 is 16.9 Å². The van der Waals surface area contributed by atoms with Crippen molar-refractivity contribution in [1.29, 1.82) is 0 Å². The van der Waals surface area contributed by atoms with E-state index in [1.54, 1.807) is 19.1 Å². The van der Waals surface area contributed by atoms with Gasteiger partial charge in [0.05, 0.1) is 6.10 Å². The van der Waals surface area contributed by atoms with Crippen molar-refractivity contribution in [3.8, 4) is 0 Å². The predicted octanol–water partition coefficient (Wildman–Crippen LogP) is 1.45. The molecule has 5 heteroatoms. The highest BCUT2D eigenvalue weighted by Gasteiger charge is 2.21. The molecule has 2 rings (SSSR count). The number of aliphatic hydroxyl groups excluding tert-OH is 1. The highest BCUT2D eigenvalue weighted by atomic mass is 32.2. The summed E-state index contributed by atoms with van der Waals surface area (Å²) in [7, 11) is -0.755. The number of hydrogen-bond acceptors (Lipinski definition) is 3. The average Bonchev–Trinajstić information content (AvgIpc) is 2.29. The molecular weight excluding hydrogens is 241 g/mol. The first-order valence-corrected chi connectivity index (χ1v) is 7.15. The number of benzene rings is 1. The van der Waals surface area contributed by atoms with Crippen molar-refractivity contribution in [2.24, 2.45) is 0 Å². The van der Waals surface area contributed by atoms with E-state index in [1.807, 2.05) is 4.90 Å². The molecule has 0 aromatic heterocycles. The van der Waals surface area contributed by atoms with Gasteiger partial charge in [-0.3, -0.25) is 4.21 Å². The fraction of sp³-hybridized carbons (Fsp3) is 0.500. The lowest BCUT2D eigenvalue weighted by molar-refractivity contribution is 0.194. The molecule has 1 fully saturated rings. The zero-order valence-electron chi connectivity index (χ0n) is 9.73. The average molecular weight is 257 g/mol. The maximum absolute atomic E-state index is 13.7. The molecule has 1 aromatic carbocycles. The zero-order chi connectivity index (χ0) is 12.4. The van der Waals surface area contributed by atoms with Crippen molar-refractivity contribution in [3.05, 3.63) is 29.6 Å². The number of aliphatic hydroxyl groups is 1. The number of nitrogens with zero attached hydrogens (tertiary/aromatic N) is 1. The van der Waals surface area contributed by atoms with Crippen molar-refractivity contribution in [2.45, 2.75) is 13.0 Å². The Kier molecular flexibility index (Phi) is 3.79. The van der Waals surface area contributed by atoms with Gasteiger partial charge in [-0.05, 0) is 19.1 Å². The molecular formula is C12H16FNO2S. The molecule has 0 amide bonds. The first-order chi connectivity index (χ1) is 8.09. The monoisotopic (exact) mass is 257 g/mol. The van der Waals surface area contributed by atoms with E-state index in [-0.39, 0.29) is 5.82 Å². The van der Waals surface area contributed by atoms with Crippen LogP contribution in [0.3, 0.4) is 0 Å². The molecule has 0 spiro atoms. The van der Waals surface area contributed by atoms with Gasteiger partial charge >= 0.3 is 0 Å². The van der Waals surface area contributed by atoms with Crippen LogP contribution >= 0.6 is 0 Å². The third-order valence-corrected chi connectivity index (χ3v) is 4.24. The van der Waals surface area contributed by atoms with E-state index in [4.69, 9.17) is 0 Å². The van der Waals surface area contributed by atoms with Crippen molar-refractivity contribution in [2.75, 3.05) is 29.5 Å². The summed E-state index contributed by atoms with van der Waals surface area (Å²) in [6.45, 7) is 2.86. The molecule has 1 atom stereocenters. The minimum absolute atomic E-state index is 0.334. The lowest BCUT2D eigenvalue weighted by atomic mass is 10.1. The van der Waals surface area contributed by atoms with Gasteiger partial charge < -0.3 is 10.0 Å². The number of halogens is 1. The van der Waals surface area contributed by atoms with Crippen LogP contribution in [0.5, 0.6) is 0 Å². The summed E-state index contributed by atoms with van der Waals surface area (Å²) < 4.78 is 25.0. The van der Waals surface area contributed by atoms with Crippen molar-refractivity contribution < 1.29 is 13.7 Å². The number of anilines is 1. The molecule has 17 heavy (non-hydrogen) atoms. The normalized spacial score (nSPS) is 19.4. The summed E-state index contributed by atoms with van der Waals surface area (Å²) in [5.41, 5.74) is 1.05. The summed E-state index contributed by atoms with van der Waals surface area (Å²) in [6.07, 6.45) is -0.835. The Morgan fingerprint density at radius 2 is 2.06 bits per heavy atom. The van der Waals surface area contributed by atoms with Gasteiger partial charge in [0, 0.05) is 46.6 Å². The fourth-order valence-electron chi connectivity index (χ4n) is 2.09. The number of rotatable bonds is 2. The first-order valence-electron chi connectivity index (χ1n) is 5.66. The molecule has 3 nitrogen and oxygen atoms in total. The molecule has 0 saturated carbocycles. The SMILES string of the molecule is CC(O)c1c(F)cccc1N1CCS(=O)CC1. The summed E-state index contributed by atoms with van der Waals surface area (Å²) in [5.74, 6) is 0.829. The summed E-state index contributed by atoms with van der Waals surface area (Å²) >= 11 is 0. The molecule has 1 unspecified atom stereocenters. The molecule has 0 aliphatic carbocycles. The Hall–Kier alpha value is -0.940. The Morgan fingerprint density at radius 3 is 2.65 bits per heavy atom. The lowest BCUT2D eigenvalue weighted by Crippen LogP contribution is -2.38. The van der Waals surface area contributed by atoms with Gasteiger partial charge in [0.1, 0.15) is 5.82 Å². The zero-order valence-corrected chi connectivity index (χ0v) is 10.5. The van der Waals surface area contributed by atoms with Crippen LogP contribution < -0.4 is 4.90 Å². The topological polar surface area (TPSA) is 40.5 Å². The van der Waals surface area contributed by atoms with Gasteiger partial charge in [0.25, 0.3) is 0 Å². The second-order valence-electron chi connectivity index (χ2n) is 4.18. The van der Waals surface area contributed by atoms with Gasteiger partial charge in [0.2, 0.25) is 0 Å². The molecule has 1 aromatic rings. The van der Waals surface area contributed by atoms with Crippen LogP contribution in [0.4, 0.5) is 10.1 Å². The van der Waals surface area contributed by atoms with E-state index in [9.17, 15) is 13.7 Å². The summed E-state index contributed by atoms with van der Waals surface area (Å²) in [4.78, 5) is 1.99.